The molecule has 1 saturated heterocycles. The van der Waals surface area contributed by atoms with Crippen LogP contribution in [0.5, 0.6) is 0 Å². The Kier molecular flexibility index (Phi) is 5.98. The van der Waals surface area contributed by atoms with Crippen molar-refractivity contribution in [2.45, 2.75) is 51.7 Å². The molecular weight excluding hydrogens is 430 g/mol. The van der Waals surface area contributed by atoms with Crippen molar-refractivity contribution in [3.8, 4) is 0 Å². The Bertz CT molecular complexity index is 1100. The minimum atomic E-state index is -1.68. The molecule has 2 N–H and O–H groups in total. The van der Waals surface area contributed by atoms with Crippen molar-refractivity contribution in [2.24, 2.45) is 0 Å². The van der Waals surface area contributed by atoms with Crippen LogP contribution in [0.1, 0.15) is 33.9 Å². The average molecular weight is 451 g/mol. The molecule has 14 nitrogen and oxygen atoms in total. The summed E-state index contributed by atoms with van der Waals surface area (Å²) in [4.78, 5) is 53.9. The Morgan fingerprint density at radius 1 is 1.25 bits per heavy atom. The lowest BCUT2D eigenvalue weighted by molar-refractivity contribution is -0.383. The van der Waals surface area contributed by atoms with Crippen LogP contribution in [0.4, 0.5) is 11.5 Å². The van der Waals surface area contributed by atoms with E-state index in [0.717, 1.165) is 26.4 Å². The van der Waals surface area contributed by atoms with E-state index in [2.05, 4.69) is 9.97 Å². The van der Waals surface area contributed by atoms with Crippen molar-refractivity contribution in [3.63, 3.8) is 0 Å². The summed E-state index contributed by atoms with van der Waals surface area (Å²) in [7, 11) is 0. The third kappa shape index (κ3) is 4.03. The summed E-state index contributed by atoms with van der Waals surface area (Å²) in [5.74, 6) is -2.19. The Hall–Kier alpha value is -3.81. The minimum Gasteiger partial charge on any atom is -0.463 e. The van der Waals surface area contributed by atoms with Gasteiger partial charge in [-0.1, -0.05) is 0 Å². The number of hydrogen-bond donors (Lipinski definition) is 1. The summed E-state index contributed by atoms with van der Waals surface area (Å²) in [6.07, 6.45) is -1.32. The maximum absolute atomic E-state index is 12.0. The van der Waals surface area contributed by atoms with Gasteiger partial charge in [-0.05, 0) is 6.92 Å². The molecule has 1 aliphatic heterocycles. The molecule has 0 radical (unpaired) electrons. The summed E-state index contributed by atoms with van der Waals surface area (Å²) in [5.41, 5.74) is 3.78. The Balaban J connectivity index is 2.20. The highest BCUT2D eigenvalue weighted by molar-refractivity contribution is 5.95. The Labute approximate surface area is 180 Å². The average Bonchev–Trinajstić information content (AvgIpc) is 3.17. The molecule has 0 aromatic carbocycles. The first-order valence-corrected chi connectivity index (χ1v) is 9.36. The number of aromatic nitrogens is 3. The molecule has 1 fully saturated rings. The fraction of sp³-hybridized carbons (Fsp3) is 0.500. The number of nitrogen functional groups attached to an aromatic ring is 1. The van der Waals surface area contributed by atoms with Crippen molar-refractivity contribution in [3.05, 3.63) is 22.6 Å². The van der Waals surface area contributed by atoms with Gasteiger partial charge in [-0.3, -0.25) is 29.1 Å². The smallest absolute Gasteiger partial charge is 0.303 e. The minimum absolute atomic E-state index is 0.0299. The number of carbonyl (C=O) groups excluding carboxylic acids is 3. The summed E-state index contributed by atoms with van der Waals surface area (Å²) in [6, 6.07) is 0. The van der Waals surface area contributed by atoms with Gasteiger partial charge in [0.2, 0.25) is 0 Å². The van der Waals surface area contributed by atoms with Gasteiger partial charge in [-0.2, -0.15) is 0 Å². The van der Waals surface area contributed by atoms with Crippen molar-refractivity contribution in [1.82, 2.24) is 14.5 Å². The highest BCUT2D eigenvalue weighted by Gasteiger charge is 2.60. The number of anilines is 1. The maximum Gasteiger partial charge on any atom is 0.303 e. The molecule has 172 valence electrons. The van der Waals surface area contributed by atoms with E-state index in [9.17, 15) is 24.5 Å². The lowest BCUT2D eigenvalue weighted by atomic mass is 9.95. The number of nitrogens with two attached hydrogens (primary N) is 1. The second kappa shape index (κ2) is 8.37. The van der Waals surface area contributed by atoms with Crippen LogP contribution in [-0.2, 0) is 33.3 Å². The number of fused-ring (bicyclic) bond motifs is 1. The van der Waals surface area contributed by atoms with E-state index in [1.54, 1.807) is 0 Å². The number of hydrogen-bond acceptors (Lipinski definition) is 12. The first-order valence-electron chi connectivity index (χ1n) is 9.36. The summed E-state index contributed by atoms with van der Waals surface area (Å²) in [5, 5.41) is 11.6. The standard InChI is InChI=1S/C18H21N5O9/c1-8(24)29-6-12-14(30-9(2)25)18(4,32-10(3)26)17(31-12)22-5-11(23(27)28)13-15(19)20-7-21-16(13)22/h5,7,12,14,17H,6H2,1-4H3,(H2,19,20,21)/t12-,14-,17?,18-/m1/s1. The molecule has 14 heteroatoms. The van der Waals surface area contributed by atoms with Gasteiger partial charge in [-0.25, -0.2) is 9.97 Å². The highest BCUT2D eigenvalue weighted by Crippen LogP contribution is 2.46. The molecule has 3 heterocycles. The number of ether oxygens (including phenoxy) is 4. The zero-order chi connectivity index (χ0) is 23.8. The largest absolute Gasteiger partial charge is 0.463 e. The predicted molar refractivity (Wildman–Crippen MR) is 105 cm³/mol. The molecule has 0 spiro atoms. The van der Waals surface area contributed by atoms with Gasteiger partial charge in [0.1, 0.15) is 30.2 Å². The van der Waals surface area contributed by atoms with Crippen LogP contribution in [0.2, 0.25) is 0 Å². The second-order valence-corrected chi connectivity index (χ2v) is 7.27. The van der Waals surface area contributed by atoms with Gasteiger partial charge in [0, 0.05) is 20.8 Å². The van der Waals surface area contributed by atoms with E-state index in [4.69, 9.17) is 24.7 Å². The third-order valence-electron chi connectivity index (χ3n) is 4.87. The van der Waals surface area contributed by atoms with Crippen LogP contribution in [0.15, 0.2) is 12.5 Å². The van der Waals surface area contributed by atoms with Crippen LogP contribution in [0, 0.1) is 10.1 Å². The Morgan fingerprint density at radius 3 is 2.50 bits per heavy atom. The topological polar surface area (TPSA) is 188 Å². The number of nitro groups is 1. The zero-order valence-electron chi connectivity index (χ0n) is 17.6. The van der Waals surface area contributed by atoms with Gasteiger partial charge in [0.05, 0.1) is 11.1 Å². The van der Waals surface area contributed by atoms with Gasteiger partial charge in [0.15, 0.2) is 23.6 Å². The van der Waals surface area contributed by atoms with Crippen LogP contribution in [0.3, 0.4) is 0 Å². The molecule has 32 heavy (non-hydrogen) atoms. The van der Waals surface area contributed by atoms with Crippen LogP contribution in [0.25, 0.3) is 11.0 Å². The summed E-state index contributed by atoms with van der Waals surface area (Å²) in [6.45, 7) is 4.57. The van der Waals surface area contributed by atoms with E-state index in [1.807, 2.05) is 0 Å². The molecule has 3 rings (SSSR count). The number of carbonyl (C=O) groups is 3. The van der Waals surface area contributed by atoms with Crippen LogP contribution < -0.4 is 5.73 Å². The molecule has 2 aromatic heterocycles. The predicted octanol–water partition coefficient (Wildman–Crippen LogP) is 0.636. The number of rotatable bonds is 6. The fourth-order valence-corrected chi connectivity index (χ4v) is 3.74. The molecule has 2 aromatic rings. The van der Waals surface area contributed by atoms with Crippen LogP contribution >= 0.6 is 0 Å². The lowest BCUT2D eigenvalue weighted by Crippen LogP contribution is -2.50. The SMILES string of the molecule is CC(=O)OC[C@H]1OC(n2cc([N+](=O)[O-])c3c(N)ncnc32)[C@](C)(OC(C)=O)[C@@H]1OC(C)=O. The number of esters is 3. The van der Waals surface area contributed by atoms with Crippen LogP contribution in [-0.4, -0.2) is 61.8 Å². The first-order chi connectivity index (χ1) is 15.0. The van der Waals surface area contributed by atoms with Gasteiger partial charge >= 0.3 is 17.9 Å². The molecule has 4 atom stereocenters. The molecule has 0 bridgehead atoms. The van der Waals surface area contributed by atoms with E-state index in [1.165, 1.54) is 18.4 Å². The summed E-state index contributed by atoms with van der Waals surface area (Å²) >= 11 is 0. The maximum atomic E-state index is 12.0. The van der Waals surface area contributed by atoms with Crippen molar-refractivity contribution >= 4 is 40.4 Å². The highest BCUT2D eigenvalue weighted by atomic mass is 16.7. The van der Waals surface area contributed by atoms with Gasteiger partial charge < -0.3 is 24.7 Å². The molecular formula is C18H21N5O9. The van der Waals surface area contributed by atoms with E-state index < -0.39 is 52.6 Å². The summed E-state index contributed by atoms with van der Waals surface area (Å²) < 4.78 is 23.1. The van der Waals surface area contributed by atoms with Gasteiger partial charge in [0.25, 0.3) is 5.69 Å². The first kappa shape index (κ1) is 22.9. The van der Waals surface area contributed by atoms with Gasteiger partial charge in [-0.15, -0.1) is 0 Å². The zero-order valence-corrected chi connectivity index (χ0v) is 17.6. The second-order valence-electron chi connectivity index (χ2n) is 7.27. The fourth-order valence-electron chi connectivity index (χ4n) is 3.74. The number of nitrogens with zero attached hydrogens (tertiary/aromatic N) is 4. The van der Waals surface area contributed by atoms with Crippen molar-refractivity contribution in [2.75, 3.05) is 12.3 Å². The molecule has 0 amide bonds. The third-order valence-corrected chi connectivity index (χ3v) is 4.87. The Morgan fingerprint density at radius 2 is 1.94 bits per heavy atom. The molecule has 1 unspecified atom stereocenters. The molecule has 0 aliphatic carbocycles. The monoisotopic (exact) mass is 451 g/mol. The molecule has 1 aliphatic rings. The quantitative estimate of drug-likeness (QED) is 0.280. The van der Waals surface area contributed by atoms with Crippen molar-refractivity contribution in [1.29, 1.82) is 0 Å². The van der Waals surface area contributed by atoms with E-state index in [-0.39, 0.29) is 23.5 Å². The van der Waals surface area contributed by atoms with E-state index >= 15 is 0 Å². The normalized spacial score (nSPS) is 24.8. The van der Waals surface area contributed by atoms with Crippen molar-refractivity contribution < 1.29 is 38.3 Å². The lowest BCUT2D eigenvalue weighted by Gasteiger charge is -2.34. The van der Waals surface area contributed by atoms with E-state index in [0.29, 0.717) is 0 Å². The molecule has 0 saturated carbocycles.